The first-order chi connectivity index (χ1) is 15.8. The molecular formula is C25H28BrCl2N3O2. The van der Waals surface area contributed by atoms with Gasteiger partial charge in [-0.15, -0.1) is 0 Å². The van der Waals surface area contributed by atoms with E-state index in [1.54, 1.807) is 12.1 Å². The molecule has 2 aromatic carbocycles. The van der Waals surface area contributed by atoms with E-state index < -0.39 is 11.5 Å². The van der Waals surface area contributed by atoms with Crippen molar-refractivity contribution < 1.29 is 9.59 Å². The minimum atomic E-state index is -0.705. The van der Waals surface area contributed by atoms with Crippen molar-refractivity contribution in [3.63, 3.8) is 0 Å². The van der Waals surface area contributed by atoms with Gasteiger partial charge in [0.1, 0.15) is 6.04 Å². The zero-order valence-electron chi connectivity index (χ0n) is 18.5. The molecule has 1 saturated heterocycles. The van der Waals surface area contributed by atoms with Gasteiger partial charge in [-0.2, -0.15) is 0 Å². The van der Waals surface area contributed by atoms with Gasteiger partial charge in [0.2, 0.25) is 11.8 Å². The summed E-state index contributed by atoms with van der Waals surface area (Å²) >= 11 is 15.9. The van der Waals surface area contributed by atoms with E-state index in [4.69, 9.17) is 23.2 Å². The number of carbonyl (C=O) groups is 2. The van der Waals surface area contributed by atoms with Crippen molar-refractivity contribution in [3.05, 3.63) is 68.1 Å². The second-order valence-corrected chi connectivity index (χ2v) is 10.9. The molecule has 3 atom stereocenters. The first-order valence-corrected chi connectivity index (χ1v) is 12.9. The fourth-order valence-corrected chi connectivity index (χ4v) is 5.40. The first kappa shape index (κ1) is 24.5. The highest BCUT2D eigenvalue weighted by Gasteiger charge is 2.53. The third-order valence-electron chi connectivity index (χ3n) is 6.58. The molecule has 2 aromatic rings. The standard InChI is InChI=1S/C25H28BrCl2N3O2/c1-15-12-19(8-11-29-15)30-23(32)22(13-16-2-4-17(26)5-3-16)31-24(33)25(9-10-25)20-7-6-18(27)14-21(20)28/h2-7,14-15,19,22,29H,8-13H2,1H3,(H,30,32)(H,31,33). The van der Waals surface area contributed by atoms with Crippen molar-refractivity contribution in [2.24, 2.45) is 0 Å². The Labute approximate surface area is 213 Å². The molecule has 1 saturated carbocycles. The van der Waals surface area contributed by atoms with Gasteiger partial charge in [-0.1, -0.05) is 57.3 Å². The molecule has 0 spiro atoms. The third kappa shape index (κ3) is 5.91. The normalized spacial score (nSPS) is 22.3. The molecule has 1 aliphatic carbocycles. The number of carbonyl (C=O) groups excluding carboxylic acids is 2. The maximum Gasteiger partial charge on any atom is 0.243 e. The van der Waals surface area contributed by atoms with Crippen LogP contribution in [0.15, 0.2) is 46.9 Å². The number of hydrogen-bond acceptors (Lipinski definition) is 3. The molecule has 33 heavy (non-hydrogen) atoms. The number of amides is 2. The molecular weight excluding hydrogens is 525 g/mol. The molecule has 2 amide bonds. The van der Waals surface area contributed by atoms with Crippen LogP contribution in [0.1, 0.15) is 43.7 Å². The number of nitrogens with one attached hydrogen (secondary N) is 3. The summed E-state index contributed by atoms with van der Waals surface area (Å²) in [6, 6.07) is 12.8. The van der Waals surface area contributed by atoms with Crippen LogP contribution in [-0.4, -0.2) is 36.5 Å². The second-order valence-electron chi connectivity index (χ2n) is 9.15. The predicted molar refractivity (Wildman–Crippen MR) is 136 cm³/mol. The van der Waals surface area contributed by atoms with Gasteiger partial charge in [0.25, 0.3) is 0 Å². The largest absolute Gasteiger partial charge is 0.351 e. The van der Waals surface area contributed by atoms with E-state index in [1.165, 1.54) is 0 Å². The van der Waals surface area contributed by atoms with Crippen LogP contribution in [0.4, 0.5) is 0 Å². The highest BCUT2D eigenvalue weighted by atomic mass is 79.9. The van der Waals surface area contributed by atoms with E-state index in [1.807, 2.05) is 30.3 Å². The van der Waals surface area contributed by atoms with E-state index in [0.29, 0.717) is 35.3 Å². The molecule has 0 bridgehead atoms. The number of piperidine rings is 1. The number of halogens is 3. The van der Waals surface area contributed by atoms with Crippen LogP contribution in [-0.2, 0) is 21.4 Å². The lowest BCUT2D eigenvalue weighted by molar-refractivity contribution is -0.130. The summed E-state index contributed by atoms with van der Waals surface area (Å²) in [7, 11) is 0. The fourth-order valence-electron chi connectivity index (χ4n) is 4.55. The van der Waals surface area contributed by atoms with Crippen molar-refractivity contribution in [2.75, 3.05) is 6.54 Å². The maximum atomic E-state index is 13.5. The van der Waals surface area contributed by atoms with Crippen LogP contribution in [0.5, 0.6) is 0 Å². The average Bonchev–Trinajstić information content (AvgIpc) is 3.56. The van der Waals surface area contributed by atoms with Crippen LogP contribution in [0.25, 0.3) is 0 Å². The van der Waals surface area contributed by atoms with Gasteiger partial charge >= 0.3 is 0 Å². The predicted octanol–water partition coefficient (Wildman–Crippen LogP) is 4.77. The quantitative estimate of drug-likeness (QED) is 0.463. The zero-order chi connectivity index (χ0) is 23.6. The average molecular weight is 553 g/mol. The second kappa shape index (κ2) is 10.3. The van der Waals surface area contributed by atoms with E-state index in [9.17, 15) is 9.59 Å². The molecule has 8 heteroatoms. The number of hydrogen-bond donors (Lipinski definition) is 3. The monoisotopic (exact) mass is 551 g/mol. The van der Waals surface area contributed by atoms with Crippen molar-refractivity contribution in [1.29, 1.82) is 0 Å². The van der Waals surface area contributed by atoms with Crippen LogP contribution >= 0.6 is 39.1 Å². The summed E-state index contributed by atoms with van der Waals surface area (Å²) in [5.41, 5.74) is 1.04. The van der Waals surface area contributed by atoms with Crippen molar-refractivity contribution in [1.82, 2.24) is 16.0 Å². The Balaban J connectivity index is 1.52. The van der Waals surface area contributed by atoms with Crippen molar-refractivity contribution >= 4 is 50.9 Å². The summed E-state index contributed by atoms with van der Waals surface area (Å²) in [6.45, 7) is 2.99. The fraction of sp³-hybridized carbons (Fsp3) is 0.440. The molecule has 2 fully saturated rings. The highest BCUT2D eigenvalue weighted by molar-refractivity contribution is 9.10. The van der Waals surface area contributed by atoms with Gasteiger partial charge in [-0.05, 0) is 74.5 Å². The molecule has 2 aliphatic rings. The Hall–Kier alpha value is -1.60. The van der Waals surface area contributed by atoms with E-state index in [0.717, 1.165) is 35.0 Å². The lowest BCUT2D eigenvalue weighted by atomic mass is 9.93. The molecule has 0 radical (unpaired) electrons. The zero-order valence-corrected chi connectivity index (χ0v) is 21.6. The maximum absolute atomic E-state index is 13.5. The van der Waals surface area contributed by atoms with Gasteiger partial charge in [0.15, 0.2) is 0 Å². The lowest BCUT2D eigenvalue weighted by Crippen LogP contribution is -2.55. The molecule has 0 aromatic heterocycles. The summed E-state index contributed by atoms with van der Waals surface area (Å²) in [5, 5.41) is 10.6. The molecule has 5 nitrogen and oxygen atoms in total. The van der Waals surface area contributed by atoms with E-state index >= 15 is 0 Å². The summed E-state index contributed by atoms with van der Waals surface area (Å²) in [5.74, 6) is -0.314. The summed E-state index contributed by atoms with van der Waals surface area (Å²) in [6.07, 6.45) is 3.54. The van der Waals surface area contributed by atoms with Crippen molar-refractivity contribution in [2.45, 2.75) is 62.6 Å². The molecule has 1 aliphatic heterocycles. The van der Waals surface area contributed by atoms with Crippen LogP contribution in [0.3, 0.4) is 0 Å². The van der Waals surface area contributed by atoms with Crippen LogP contribution in [0.2, 0.25) is 10.0 Å². The number of rotatable bonds is 7. The Morgan fingerprint density at radius 1 is 1.18 bits per heavy atom. The van der Waals surface area contributed by atoms with E-state index in [-0.39, 0.29) is 17.9 Å². The number of benzene rings is 2. The Bertz CT molecular complexity index is 1030. The summed E-state index contributed by atoms with van der Waals surface area (Å²) in [4.78, 5) is 26.8. The third-order valence-corrected chi connectivity index (χ3v) is 7.65. The van der Waals surface area contributed by atoms with Crippen LogP contribution in [0, 0.1) is 0 Å². The first-order valence-electron chi connectivity index (χ1n) is 11.3. The Morgan fingerprint density at radius 3 is 2.55 bits per heavy atom. The smallest absolute Gasteiger partial charge is 0.243 e. The van der Waals surface area contributed by atoms with Gasteiger partial charge in [-0.25, -0.2) is 0 Å². The topological polar surface area (TPSA) is 70.2 Å². The molecule has 3 unspecified atom stereocenters. The SMILES string of the molecule is CC1CC(NC(=O)C(Cc2ccc(Br)cc2)NC(=O)C2(c3ccc(Cl)cc3Cl)CC2)CCN1. The van der Waals surface area contributed by atoms with Gasteiger partial charge in [0.05, 0.1) is 5.41 Å². The Kier molecular flexibility index (Phi) is 7.69. The van der Waals surface area contributed by atoms with Gasteiger partial charge in [0, 0.05) is 33.0 Å². The van der Waals surface area contributed by atoms with Crippen LogP contribution < -0.4 is 16.0 Å². The van der Waals surface area contributed by atoms with Gasteiger partial charge in [-0.3, -0.25) is 9.59 Å². The molecule has 1 heterocycles. The Morgan fingerprint density at radius 2 is 1.91 bits per heavy atom. The van der Waals surface area contributed by atoms with E-state index in [2.05, 4.69) is 38.8 Å². The molecule has 3 N–H and O–H groups in total. The van der Waals surface area contributed by atoms with Crippen molar-refractivity contribution in [3.8, 4) is 0 Å². The minimum Gasteiger partial charge on any atom is -0.351 e. The lowest BCUT2D eigenvalue weighted by Gasteiger charge is -2.30. The van der Waals surface area contributed by atoms with Gasteiger partial charge < -0.3 is 16.0 Å². The highest BCUT2D eigenvalue weighted by Crippen LogP contribution is 2.51. The minimum absolute atomic E-state index is 0.0960. The summed E-state index contributed by atoms with van der Waals surface area (Å²) < 4.78 is 0.967. The molecule has 4 rings (SSSR count). The molecule has 176 valence electrons.